The van der Waals surface area contributed by atoms with Crippen LogP contribution in [0.3, 0.4) is 0 Å². The standard InChI is InChI=1S/C16H22N2O/c1-16(2)10-12(16)15(19)18-9-8-13(17-3)11-6-4-5-7-14(11)18/h4-7,12-13,17H,8-10H2,1-3H3. The molecule has 1 aromatic rings. The number of benzene rings is 1. The van der Waals surface area contributed by atoms with Gasteiger partial charge in [-0.3, -0.25) is 4.79 Å². The Bertz CT molecular complexity index is 509. The summed E-state index contributed by atoms with van der Waals surface area (Å²) in [6.45, 7) is 5.19. The minimum absolute atomic E-state index is 0.200. The lowest BCUT2D eigenvalue weighted by atomic mass is 9.95. The van der Waals surface area contributed by atoms with Gasteiger partial charge in [-0.2, -0.15) is 0 Å². The minimum Gasteiger partial charge on any atom is -0.313 e. The van der Waals surface area contributed by atoms with Crippen molar-refractivity contribution in [3.63, 3.8) is 0 Å². The van der Waals surface area contributed by atoms with Crippen LogP contribution in [-0.4, -0.2) is 19.5 Å². The third-order valence-corrected chi connectivity index (χ3v) is 4.67. The van der Waals surface area contributed by atoms with Gasteiger partial charge in [-0.15, -0.1) is 0 Å². The van der Waals surface area contributed by atoms with Gasteiger partial charge in [0.1, 0.15) is 0 Å². The predicted octanol–water partition coefficient (Wildman–Crippen LogP) is 2.73. The van der Waals surface area contributed by atoms with Gasteiger partial charge >= 0.3 is 0 Å². The molecule has 2 atom stereocenters. The average molecular weight is 258 g/mol. The molecule has 3 nitrogen and oxygen atoms in total. The van der Waals surface area contributed by atoms with Crippen LogP contribution < -0.4 is 10.2 Å². The first-order valence-electron chi connectivity index (χ1n) is 7.12. The van der Waals surface area contributed by atoms with Crippen LogP contribution in [-0.2, 0) is 4.79 Å². The van der Waals surface area contributed by atoms with Gasteiger partial charge in [-0.1, -0.05) is 32.0 Å². The SMILES string of the molecule is CNC1CCN(C(=O)C2CC2(C)C)c2ccccc21. The van der Waals surface area contributed by atoms with Crippen LogP contribution in [0.25, 0.3) is 0 Å². The summed E-state index contributed by atoms with van der Waals surface area (Å²) >= 11 is 0. The van der Waals surface area contributed by atoms with E-state index in [1.807, 2.05) is 18.0 Å². The summed E-state index contributed by atoms with van der Waals surface area (Å²) < 4.78 is 0. The molecule has 19 heavy (non-hydrogen) atoms. The minimum atomic E-state index is 0.200. The Labute approximate surface area is 115 Å². The molecule has 0 radical (unpaired) electrons. The molecule has 1 amide bonds. The predicted molar refractivity (Wildman–Crippen MR) is 77.1 cm³/mol. The fourth-order valence-electron chi connectivity index (χ4n) is 3.17. The molecule has 0 saturated heterocycles. The number of fused-ring (bicyclic) bond motifs is 1. The second kappa shape index (κ2) is 4.34. The van der Waals surface area contributed by atoms with Crippen LogP contribution in [0.4, 0.5) is 5.69 Å². The number of hydrogen-bond donors (Lipinski definition) is 1. The molecule has 2 unspecified atom stereocenters. The van der Waals surface area contributed by atoms with Gasteiger partial charge < -0.3 is 10.2 Å². The second-order valence-corrected chi connectivity index (χ2v) is 6.42. The van der Waals surface area contributed by atoms with Gasteiger partial charge in [0.2, 0.25) is 5.91 Å². The number of anilines is 1. The van der Waals surface area contributed by atoms with E-state index in [0.29, 0.717) is 11.9 Å². The van der Waals surface area contributed by atoms with Crippen molar-refractivity contribution < 1.29 is 4.79 Å². The zero-order chi connectivity index (χ0) is 13.6. The van der Waals surface area contributed by atoms with Gasteiger partial charge in [-0.25, -0.2) is 0 Å². The fraction of sp³-hybridized carbons (Fsp3) is 0.562. The average Bonchev–Trinajstić information content (AvgIpc) is 3.05. The highest BCUT2D eigenvalue weighted by molar-refractivity contribution is 5.98. The van der Waals surface area contributed by atoms with E-state index < -0.39 is 0 Å². The second-order valence-electron chi connectivity index (χ2n) is 6.42. The maximum Gasteiger partial charge on any atom is 0.230 e. The molecule has 0 spiro atoms. The van der Waals surface area contributed by atoms with Crippen molar-refractivity contribution in [2.24, 2.45) is 11.3 Å². The first-order valence-corrected chi connectivity index (χ1v) is 7.12. The normalized spacial score (nSPS) is 27.8. The summed E-state index contributed by atoms with van der Waals surface area (Å²) in [5.74, 6) is 0.527. The molecular weight excluding hydrogens is 236 g/mol. The number of carbonyl (C=O) groups is 1. The molecule has 2 aliphatic rings. The lowest BCUT2D eigenvalue weighted by Crippen LogP contribution is -2.40. The zero-order valence-electron chi connectivity index (χ0n) is 11.9. The molecular formula is C16H22N2O. The summed E-state index contributed by atoms with van der Waals surface area (Å²) in [6, 6.07) is 8.65. The topological polar surface area (TPSA) is 32.3 Å². The molecule has 1 N–H and O–H groups in total. The molecule has 1 aromatic carbocycles. The first-order chi connectivity index (χ1) is 9.04. The van der Waals surface area contributed by atoms with Gasteiger partial charge in [0, 0.05) is 24.2 Å². The molecule has 0 bridgehead atoms. The number of para-hydroxylation sites is 1. The van der Waals surface area contributed by atoms with Crippen molar-refractivity contribution in [2.75, 3.05) is 18.5 Å². The van der Waals surface area contributed by atoms with Crippen molar-refractivity contribution >= 4 is 11.6 Å². The lowest BCUT2D eigenvalue weighted by Gasteiger charge is -2.34. The van der Waals surface area contributed by atoms with E-state index in [2.05, 4.69) is 37.4 Å². The summed E-state index contributed by atoms with van der Waals surface area (Å²) in [7, 11) is 1.99. The van der Waals surface area contributed by atoms with Gasteiger partial charge in [-0.05, 0) is 36.9 Å². The molecule has 0 aromatic heterocycles. The number of hydrogen-bond acceptors (Lipinski definition) is 2. The molecule has 3 heteroatoms. The van der Waals surface area contributed by atoms with E-state index in [1.165, 1.54) is 5.56 Å². The van der Waals surface area contributed by atoms with Crippen molar-refractivity contribution in [1.29, 1.82) is 0 Å². The summed E-state index contributed by atoms with van der Waals surface area (Å²) in [5.41, 5.74) is 2.55. The van der Waals surface area contributed by atoms with Crippen LogP contribution in [0.2, 0.25) is 0 Å². The maximum atomic E-state index is 12.6. The van der Waals surface area contributed by atoms with Crippen molar-refractivity contribution in [3.8, 4) is 0 Å². The van der Waals surface area contributed by atoms with Gasteiger partial charge in [0.25, 0.3) is 0 Å². The van der Waals surface area contributed by atoms with Crippen molar-refractivity contribution in [2.45, 2.75) is 32.7 Å². The summed E-state index contributed by atoms with van der Waals surface area (Å²) in [5, 5.41) is 3.34. The lowest BCUT2D eigenvalue weighted by molar-refractivity contribution is -0.120. The molecule has 1 aliphatic heterocycles. The summed E-state index contributed by atoms with van der Waals surface area (Å²) in [6.07, 6.45) is 2.02. The van der Waals surface area contributed by atoms with Crippen LogP contribution >= 0.6 is 0 Å². The Balaban J connectivity index is 1.90. The number of rotatable bonds is 2. The third kappa shape index (κ3) is 2.06. The van der Waals surface area contributed by atoms with Crippen LogP contribution in [0.15, 0.2) is 24.3 Å². The van der Waals surface area contributed by atoms with Gasteiger partial charge in [0.05, 0.1) is 0 Å². The quantitative estimate of drug-likeness (QED) is 0.884. The maximum absolute atomic E-state index is 12.6. The van der Waals surface area contributed by atoms with E-state index in [-0.39, 0.29) is 11.3 Å². The number of nitrogens with zero attached hydrogens (tertiary/aromatic N) is 1. The molecule has 1 saturated carbocycles. The fourth-order valence-corrected chi connectivity index (χ4v) is 3.17. The first kappa shape index (κ1) is 12.7. The Morgan fingerprint density at radius 3 is 2.68 bits per heavy atom. The molecule has 1 fully saturated rings. The van der Waals surface area contributed by atoms with Crippen LogP contribution in [0, 0.1) is 11.3 Å². The smallest absolute Gasteiger partial charge is 0.230 e. The number of carbonyl (C=O) groups excluding carboxylic acids is 1. The Morgan fingerprint density at radius 2 is 2.05 bits per heavy atom. The Hall–Kier alpha value is -1.35. The van der Waals surface area contributed by atoms with Crippen LogP contribution in [0.1, 0.15) is 38.3 Å². The van der Waals surface area contributed by atoms with E-state index in [9.17, 15) is 4.79 Å². The van der Waals surface area contributed by atoms with E-state index in [4.69, 9.17) is 0 Å². The Kier molecular flexibility index (Phi) is 2.90. The third-order valence-electron chi connectivity index (χ3n) is 4.67. The van der Waals surface area contributed by atoms with Crippen molar-refractivity contribution in [1.82, 2.24) is 5.32 Å². The van der Waals surface area contributed by atoms with E-state index in [1.54, 1.807) is 0 Å². The largest absolute Gasteiger partial charge is 0.313 e. The summed E-state index contributed by atoms with van der Waals surface area (Å²) in [4.78, 5) is 14.6. The molecule has 102 valence electrons. The van der Waals surface area contributed by atoms with Crippen LogP contribution in [0.5, 0.6) is 0 Å². The zero-order valence-corrected chi connectivity index (χ0v) is 11.9. The molecule has 1 aliphatic carbocycles. The number of nitrogens with one attached hydrogen (secondary N) is 1. The highest BCUT2D eigenvalue weighted by Crippen LogP contribution is 2.53. The van der Waals surface area contributed by atoms with E-state index in [0.717, 1.165) is 25.1 Å². The molecule has 1 heterocycles. The Morgan fingerprint density at radius 1 is 1.37 bits per heavy atom. The van der Waals surface area contributed by atoms with Gasteiger partial charge in [0.15, 0.2) is 0 Å². The highest BCUT2D eigenvalue weighted by Gasteiger charge is 2.52. The van der Waals surface area contributed by atoms with E-state index >= 15 is 0 Å². The molecule has 3 rings (SSSR count). The highest BCUT2D eigenvalue weighted by atomic mass is 16.2. The monoisotopic (exact) mass is 258 g/mol. The van der Waals surface area contributed by atoms with Crippen molar-refractivity contribution in [3.05, 3.63) is 29.8 Å². The number of amides is 1.